The van der Waals surface area contributed by atoms with Crippen LogP contribution in [0, 0.1) is 0 Å². The van der Waals surface area contributed by atoms with E-state index in [0.29, 0.717) is 18.9 Å². The van der Waals surface area contributed by atoms with E-state index in [2.05, 4.69) is 15.6 Å². The number of carboxylic acids is 1. The molecule has 21 heavy (non-hydrogen) atoms. The zero-order valence-corrected chi connectivity index (χ0v) is 10.4. The van der Waals surface area contributed by atoms with E-state index in [0.717, 1.165) is 5.56 Å². The summed E-state index contributed by atoms with van der Waals surface area (Å²) in [5.74, 6) is -2.14. The molecular formula is C11H10F3N3O4. The summed E-state index contributed by atoms with van der Waals surface area (Å²) in [4.78, 5) is 24.2. The number of halogens is 3. The Kier molecular flexibility index (Phi) is 3.73. The van der Waals surface area contributed by atoms with Gasteiger partial charge in [-0.1, -0.05) is 0 Å². The van der Waals surface area contributed by atoms with Gasteiger partial charge in [-0.15, -0.1) is 0 Å². The molecule has 1 spiro atoms. The SMILES string of the molecule is O=C(O)C(F)(F)F.O=C1Nc2ncccc2C2(CNC2)O1. The highest BCUT2D eigenvalue weighted by atomic mass is 19.4. The van der Waals surface area contributed by atoms with E-state index in [1.165, 1.54) is 0 Å². The van der Waals surface area contributed by atoms with E-state index in [4.69, 9.17) is 14.6 Å². The maximum absolute atomic E-state index is 11.2. The molecule has 2 aliphatic rings. The lowest BCUT2D eigenvalue weighted by Gasteiger charge is -2.44. The largest absolute Gasteiger partial charge is 0.490 e. The Morgan fingerprint density at radius 3 is 2.52 bits per heavy atom. The monoisotopic (exact) mass is 305 g/mol. The maximum atomic E-state index is 11.2. The maximum Gasteiger partial charge on any atom is 0.490 e. The zero-order chi connectivity index (χ0) is 15.7. The zero-order valence-electron chi connectivity index (χ0n) is 10.4. The quantitative estimate of drug-likeness (QED) is 0.663. The van der Waals surface area contributed by atoms with Crippen molar-refractivity contribution in [2.75, 3.05) is 18.4 Å². The number of aliphatic carboxylic acids is 1. The lowest BCUT2D eigenvalue weighted by atomic mass is 9.87. The van der Waals surface area contributed by atoms with Crippen LogP contribution >= 0.6 is 0 Å². The van der Waals surface area contributed by atoms with Gasteiger partial charge in [0.15, 0.2) is 5.60 Å². The Morgan fingerprint density at radius 1 is 1.43 bits per heavy atom. The van der Waals surface area contributed by atoms with Crippen molar-refractivity contribution in [2.45, 2.75) is 11.8 Å². The summed E-state index contributed by atoms with van der Waals surface area (Å²) in [6.07, 6.45) is -3.85. The number of rotatable bonds is 0. The highest BCUT2D eigenvalue weighted by Crippen LogP contribution is 2.37. The molecule has 0 aromatic carbocycles. The summed E-state index contributed by atoms with van der Waals surface area (Å²) < 4.78 is 37.0. The number of carbonyl (C=O) groups excluding carboxylic acids is 1. The summed E-state index contributed by atoms with van der Waals surface area (Å²) in [5.41, 5.74) is 0.477. The van der Waals surface area contributed by atoms with Crippen molar-refractivity contribution in [1.29, 1.82) is 0 Å². The molecule has 0 bridgehead atoms. The van der Waals surface area contributed by atoms with E-state index in [1.807, 2.05) is 12.1 Å². The van der Waals surface area contributed by atoms with Crippen LogP contribution in [-0.4, -0.2) is 41.4 Å². The summed E-state index contributed by atoms with van der Waals surface area (Å²) >= 11 is 0. The lowest BCUT2D eigenvalue weighted by Crippen LogP contribution is -2.61. The highest BCUT2D eigenvalue weighted by Gasteiger charge is 2.47. The molecule has 10 heteroatoms. The van der Waals surface area contributed by atoms with Crippen LogP contribution in [0.25, 0.3) is 0 Å². The first kappa shape index (κ1) is 15.0. The van der Waals surface area contributed by atoms with E-state index < -0.39 is 23.8 Å². The Balaban J connectivity index is 0.000000199. The van der Waals surface area contributed by atoms with Crippen molar-refractivity contribution in [3.63, 3.8) is 0 Å². The third-order valence-corrected chi connectivity index (χ3v) is 2.87. The molecule has 7 nitrogen and oxygen atoms in total. The van der Waals surface area contributed by atoms with Crippen LogP contribution in [0.5, 0.6) is 0 Å². The molecule has 0 atom stereocenters. The number of fused-ring (bicyclic) bond motifs is 2. The number of aromatic nitrogens is 1. The van der Waals surface area contributed by atoms with Crippen LogP contribution in [0.3, 0.4) is 0 Å². The Labute approximate surface area is 116 Å². The normalized spacial score (nSPS) is 18.3. The Bertz CT molecular complexity index is 572. The minimum atomic E-state index is -5.08. The minimum Gasteiger partial charge on any atom is -0.475 e. The second-order valence-electron chi connectivity index (χ2n) is 4.31. The second kappa shape index (κ2) is 5.20. The number of hydrogen-bond donors (Lipinski definition) is 3. The van der Waals surface area contributed by atoms with Gasteiger partial charge in [0.25, 0.3) is 0 Å². The second-order valence-corrected chi connectivity index (χ2v) is 4.31. The number of amides is 1. The molecule has 2 aliphatic heterocycles. The summed E-state index contributed by atoms with van der Waals surface area (Å²) in [7, 11) is 0. The third kappa shape index (κ3) is 3.05. The number of hydrogen-bond acceptors (Lipinski definition) is 5. The number of nitrogens with one attached hydrogen (secondary N) is 2. The fourth-order valence-electron chi connectivity index (χ4n) is 1.84. The average molecular weight is 305 g/mol. The van der Waals surface area contributed by atoms with Gasteiger partial charge in [0.1, 0.15) is 5.82 Å². The van der Waals surface area contributed by atoms with Gasteiger partial charge >= 0.3 is 18.2 Å². The van der Waals surface area contributed by atoms with Crippen molar-refractivity contribution >= 4 is 17.9 Å². The molecule has 1 fully saturated rings. The molecule has 1 aromatic heterocycles. The van der Waals surface area contributed by atoms with Gasteiger partial charge in [0.05, 0.1) is 0 Å². The lowest BCUT2D eigenvalue weighted by molar-refractivity contribution is -0.192. The van der Waals surface area contributed by atoms with Crippen LogP contribution in [0.4, 0.5) is 23.8 Å². The van der Waals surface area contributed by atoms with Gasteiger partial charge in [-0.3, -0.25) is 5.32 Å². The van der Waals surface area contributed by atoms with E-state index in [-0.39, 0.29) is 0 Å². The standard InChI is InChI=1S/C9H9N3O2.C2HF3O2/c13-8-12-7-6(2-1-3-11-7)9(14-8)4-10-5-9;3-2(4,5)1(6)7/h1-3,10H,4-5H2,(H,11,12,13);(H,6,7). The predicted molar refractivity (Wildman–Crippen MR) is 62.6 cm³/mol. The van der Waals surface area contributed by atoms with Crippen LogP contribution in [0.15, 0.2) is 18.3 Å². The molecule has 114 valence electrons. The first-order valence-corrected chi connectivity index (χ1v) is 5.71. The van der Waals surface area contributed by atoms with Crippen molar-refractivity contribution in [2.24, 2.45) is 0 Å². The van der Waals surface area contributed by atoms with E-state index >= 15 is 0 Å². The van der Waals surface area contributed by atoms with Crippen LogP contribution < -0.4 is 10.6 Å². The van der Waals surface area contributed by atoms with Gasteiger partial charge < -0.3 is 15.2 Å². The third-order valence-electron chi connectivity index (χ3n) is 2.87. The molecule has 1 amide bonds. The molecule has 3 heterocycles. The van der Waals surface area contributed by atoms with Crippen molar-refractivity contribution in [3.05, 3.63) is 23.9 Å². The number of carbonyl (C=O) groups is 2. The fourth-order valence-corrected chi connectivity index (χ4v) is 1.84. The molecule has 1 saturated heterocycles. The van der Waals surface area contributed by atoms with E-state index in [1.54, 1.807) is 6.20 Å². The van der Waals surface area contributed by atoms with Crippen molar-refractivity contribution in [3.8, 4) is 0 Å². The number of alkyl halides is 3. The molecule has 0 saturated carbocycles. The van der Waals surface area contributed by atoms with Crippen LogP contribution in [0.1, 0.15) is 5.56 Å². The summed E-state index contributed by atoms with van der Waals surface area (Å²) in [6, 6.07) is 3.78. The van der Waals surface area contributed by atoms with Crippen LogP contribution in [0.2, 0.25) is 0 Å². The molecule has 3 N–H and O–H groups in total. The first-order chi connectivity index (χ1) is 9.74. The predicted octanol–water partition coefficient (Wildman–Crippen LogP) is 1.08. The number of anilines is 1. The molecule has 3 rings (SSSR count). The molecule has 0 aliphatic carbocycles. The highest BCUT2D eigenvalue weighted by molar-refractivity contribution is 5.87. The topological polar surface area (TPSA) is 101 Å². The van der Waals surface area contributed by atoms with Crippen molar-refractivity contribution < 1.29 is 32.6 Å². The number of nitrogens with zero attached hydrogens (tertiary/aromatic N) is 1. The smallest absolute Gasteiger partial charge is 0.475 e. The minimum absolute atomic E-state index is 0.419. The fraction of sp³-hybridized carbons (Fsp3) is 0.364. The first-order valence-electron chi connectivity index (χ1n) is 5.71. The van der Waals surface area contributed by atoms with Gasteiger partial charge in [-0.2, -0.15) is 13.2 Å². The van der Waals surface area contributed by atoms with Gasteiger partial charge in [0.2, 0.25) is 0 Å². The Hall–Kier alpha value is -2.36. The van der Waals surface area contributed by atoms with Gasteiger partial charge in [0, 0.05) is 24.8 Å². The Morgan fingerprint density at radius 2 is 2.05 bits per heavy atom. The van der Waals surface area contributed by atoms with Crippen LogP contribution in [-0.2, 0) is 15.1 Å². The molecule has 0 radical (unpaired) electrons. The summed E-state index contributed by atoms with van der Waals surface area (Å²) in [6.45, 7) is 1.33. The average Bonchev–Trinajstić information content (AvgIpc) is 2.35. The van der Waals surface area contributed by atoms with Crippen molar-refractivity contribution in [1.82, 2.24) is 10.3 Å². The van der Waals surface area contributed by atoms with E-state index in [9.17, 15) is 18.0 Å². The molecule has 0 unspecified atom stereocenters. The van der Waals surface area contributed by atoms with Gasteiger partial charge in [-0.25, -0.2) is 14.6 Å². The summed E-state index contributed by atoms with van der Waals surface area (Å²) in [5, 5.41) is 12.8. The number of carboxylic acid groups (broad SMARTS) is 1. The number of ether oxygens (including phenoxy) is 1. The van der Waals surface area contributed by atoms with Gasteiger partial charge in [-0.05, 0) is 12.1 Å². The molecule has 1 aromatic rings. The number of pyridine rings is 1. The molecular weight excluding hydrogens is 295 g/mol.